The fourth-order valence-corrected chi connectivity index (χ4v) is 3.36. The Bertz CT molecular complexity index is 764. The minimum atomic E-state index is -0.204. The molecular weight excluding hydrogens is 325 g/mol. The summed E-state index contributed by atoms with van der Waals surface area (Å²) in [6, 6.07) is 10.9. The smallest absolute Gasteiger partial charge is 0.226 e. The van der Waals surface area contributed by atoms with Crippen LogP contribution in [-0.2, 0) is 11.3 Å². The normalized spacial score (nSPS) is 13.7. The minimum absolute atomic E-state index is 0.117. The number of nitriles is 1. The van der Waals surface area contributed by atoms with E-state index in [1.165, 1.54) is 17.4 Å². The summed E-state index contributed by atoms with van der Waals surface area (Å²) in [5.74, 6) is -0.321. The average Bonchev–Trinajstić information content (AvgIpc) is 3.33. The average molecular weight is 343 g/mol. The first kappa shape index (κ1) is 16.6. The summed E-state index contributed by atoms with van der Waals surface area (Å²) >= 11 is 1.34. The lowest BCUT2D eigenvalue weighted by Gasteiger charge is -2.22. The first-order valence-corrected chi connectivity index (χ1v) is 8.80. The number of amides is 1. The lowest BCUT2D eigenvalue weighted by atomic mass is 10.2. The summed E-state index contributed by atoms with van der Waals surface area (Å²) in [6.45, 7) is 1.10. The summed E-state index contributed by atoms with van der Waals surface area (Å²) in [7, 11) is 0. The molecular formula is C18H18FN3OS. The zero-order chi connectivity index (χ0) is 16.9. The number of benzene rings is 1. The number of hydrogen-bond donors (Lipinski definition) is 1. The van der Waals surface area contributed by atoms with Crippen LogP contribution in [0.1, 0.15) is 30.4 Å². The van der Waals surface area contributed by atoms with Crippen LogP contribution >= 0.6 is 11.3 Å². The van der Waals surface area contributed by atoms with Gasteiger partial charge in [-0.2, -0.15) is 5.26 Å². The summed E-state index contributed by atoms with van der Waals surface area (Å²) in [6.07, 6.45) is 2.52. The van der Waals surface area contributed by atoms with Crippen LogP contribution in [0.3, 0.4) is 0 Å². The Labute approximate surface area is 144 Å². The molecule has 1 aliphatic carbocycles. The number of anilines is 1. The van der Waals surface area contributed by atoms with Crippen LogP contribution in [0.5, 0.6) is 0 Å². The third-order valence-electron chi connectivity index (χ3n) is 4.06. The van der Waals surface area contributed by atoms with Gasteiger partial charge >= 0.3 is 0 Å². The SMILES string of the molecule is N#Cc1ccsc1NC(=O)CCN(Cc1ccccc1F)C1CC1. The van der Waals surface area contributed by atoms with Crippen LogP contribution in [0.15, 0.2) is 35.7 Å². The number of thiophene rings is 1. The zero-order valence-corrected chi connectivity index (χ0v) is 14.0. The molecule has 1 aromatic carbocycles. The Hall–Kier alpha value is -2.23. The van der Waals surface area contributed by atoms with Crippen molar-refractivity contribution >= 4 is 22.2 Å². The summed E-state index contributed by atoms with van der Waals surface area (Å²) < 4.78 is 13.8. The van der Waals surface area contributed by atoms with Crippen molar-refractivity contribution in [3.63, 3.8) is 0 Å². The van der Waals surface area contributed by atoms with Gasteiger partial charge in [0.05, 0.1) is 5.56 Å². The van der Waals surface area contributed by atoms with E-state index in [2.05, 4.69) is 16.3 Å². The molecule has 2 aromatic rings. The highest BCUT2D eigenvalue weighted by Crippen LogP contribution is 2.29. The zero-order valence-electron chi connectivity index (χ0n) is 13.2. The van der Waals surface area contributed by atoms with Crippen molar-refractivity contribution in [3.05, 3.63) is 52.7 Å². The lowest BCUT2D eigenvalue weighted by molar-refractivity contribution is -0.116. The summed E-state index contributed by atoms with van der Waals surface area (Å²) in [4.78, 5) is 14.3. The van der Waals surface area contributed by atoms with Crippen LogP contribution in [0, 0.1) is 17.1 Å². The molecule has 3 rings (SSSR count). The molecule has 24 heavy (non-hydrogen) atoms. The third kappa shape index (κ3) is 4.19. The number of nitrogens with one attached hydrogen (secondary N) is 1. The Morgan fingerprint density at radius 2 is 2.17 bits per heavy atom. The van der Waals surface area contributed by atoms with E-state index in [-0.39, 0.29) is 11.7 Å². The fourth-order valence-electron chi connectivity index (χ4n) is 2.60. The van der Waals surface area contributed by atoms with Crippen LogP contribution in [0.4, 0.5) is 9.39 Å². The number of carbonyl (C=O) groups excluding carboxylic acids is 1. The van der Waals surface area contributed by atoms with Crippen molar-refractivity contribution in [1.82, 2.24) is 4.90 Å². The highest BCUT2D eigenvalue weighted by molar-refractivity contribution is 7.14. The van der Waals surface area contributed by atoms with E-state index in [0.29, 0.717) is 41.7 Å². The highest BCUT2D eigenvalue weighted by atomic mass is 32.1. The van der Waals surface area contributed by atoms with E-state index in [9.17, 15) is 9.18 Å². The predicted octanol–water partition coefficient (Wildman–Crippen LogP) is 3.75. The third-order valence-corrected chi connectivity index (χ3v) is 4.89. The van der Waals surface area contributed by atoms with Gasteiger partial charge in [0, 0.05) is 31.1 Å². The second-order valence-corrected chi connectivity index (χ2v) is 6.78. The van der Waals surface area contributed by atoms with Crippen LogP contribution in [0.2, 0.25) is 0 Å². The van der Waals surface area contributed by atoms with E-state index >= 15 is 0 Å². The molecule has 0 radical (unpaired) electrons. The quantitative estimate of drug-likeness (QED) is 0.833. The van der Waals surface area contributed by atoms with Crippen molar-refractivity contribution in [3.8, 4) is 6.07 Å². The van der Waals surface area contributed by atoms with Gasteiger partial charge in [-0.3, -0.25) is 9.69 Å². The van der Waals surface area contributed by atoms with Crippen LogP contribution in [0.25, 0.3) is 0 Å². The molecule has 6 heteroatoms. The molecule has 124 valence electrons. The van der Waals surface area contributed by atoms with Gasteiger partial charge in [0.2, 0.25) is 5.91 Å². The van der Waals surface area contributed by atoms with Crippen LogP contribution < -0.4 is 5.32 Å². The molecule has 1 heterocycles. The Kier molecular flexibility index (Phi) is 5.24. The van der Waals surface area contributed by atoms with Gasteiger partial charge in [0.1, 0.15) is 16.9 Å². The molecule has 0 atom stereocenters. The van der Waals surface area contributed by atoms with Crippen molar-refractivity contribution in [2.75, 3.05) is 11.9 Å². The second-order valence-electron chi connectivity index (χ2n) is 5.87. The molecule has 0 saturated heterocycles. The Morgan fingerprint density at radius 3 is 2.88 bits per heavy atom. The topological polar surface area (TPSA) is 56.1 Å². The molecule has 1 fully saturated rings. The van der Waals surface area contributed by atoms with Gasteiger partial charge in [0.15, 0.2) is 0 Å². The number of nitrogens with zero attached hydrogens (tertiary/aromatic N) is 2. The van der Waals surface area contributed by atoms with Crippen molar-refractivity contribution in [2.45, 2.75) is 31.8 Å². The summed E-state index contributed by atoms with van der Waals surface area (Å²) in [5.41, 5.74) is 1.15. The number of carbonyl (C=O) groups is 1. The van der Waals surface area contributed by atoms with E-state index in [0.717, 1.165) is 12.8 Å². The van der Waals surface area contributed by atoms with E-state index < -0.39 is 0 Å². The molecule has 1 saturated carbocycles. The predicted molar refractivity (Wildman–Crippen MR) is 92.1 cm³/mol. The molecule has 0 unspecified atom stereocenters. The minimum Gasteiger partial charge on any atom is -0.317 e. The van der Waals surface area contributed by atoms with Crippen LogP contribution in [-0.4, -0.2) is 23.4 Å². The van der Waals surface area contributed by atoms with Gasteiger partial charge < -0.3 is 5.32 Å². The molecule has 4 nitrogen and oxygen atoms in total. The molecule has 1 N–H and O–H groups in total. The number of rotatable bonds is 7. The first-order valence-electron chi connectivity index (χ1n) is 7.92. The van der Waals surface area contributed by atoms with E-state index in [1.54, 1.807) is 23.6 Å². The number of hydrogen-bond acceptors (Lipinski definition) is 4. The Morgan fingerprint density at radius 1 is 1.38 bits per heavy atom. The van der Waals surface area contributed by atoms with Crippen molar-refractivity contribution in [1.29, 1.82) is 5.26 Å². The van der Waals surface area contributed by atoms with Gasteiger partial charge in [-0.1, -0.05) is 18.2 Å². The molecule has 1 aliphatic rings. The monoisotopic (exact) mass is 343 g/mol. The van der Waals surface area contributed by atoms with E-state index in [4.69, 9.17) is 5.26 Å². The van der Waals surface area contributed by atoms with Crippen molar-refractivity contribution in [2.24, 2.45) is 0 Å². The first-order chi connectivity index (χ1) is 11.7. The van der Waals surface area contributed by atoms with Gasteiger partial charge in [-0.25, -0.2) is 4.39 Å². The molecule has 0 spiro atoms. The maximum atomic E-state index is 13.8. The highest BCUT2D eigenvalue weighted by Gasteiger charge is 2.29. The molecule has 1 aromatic heterocycles. The molecule has 0 bridgehead atoms. The number of halogens is 1. The van der Waals surface area contributed by atoms with Crippen molar-refractivity contribution < 1.29 is 9.18 Å². The maximum Gasteiger partial charge on any atom is 0.226 e. The Balaban J connectivity index is 1.56. The fraction of sp³-hybridized carbons (Fsp3) is 0.333. The molecule has 0 aliphatic heterocycles. The largest absolute Gasteiger partial charge is 0.317 e. The lowest BCUT2D eigenvalue weighted by Crippen LogP contribution is -2.29. The van der Waals surface area contributed by atoms with Gasteiger partial charge in [-0.05, 0) is 30.4 Å². The molecule has 1 amide bonds. The standard InChI is InChI=1S/C18H18FN3OS/c19-16-4-2-1-3-14(16)12-22(15-5-6-15)9-7-17(23)21-18-13(11-20)8-10-24-18/h1-4,8,10,15H,5-7,9,12H2,(H,21,23). The summed E-state index contributed by atoms with van der Waals surface area (Å²) in [5, 5.41) is 14.1. The van der Waals surface area contributed by atoms with E-state index in [1.807, 2.05) is 6.07 Å². The second kappa shape index (κ2) is 7.56. The van der Waals surface area contributed by atoms with Gasteiger partial charge in [-0.15, -0.1) is 11.3 Å². The maximum absolute atomic E-state index is 13.8. The van der Waals surface area contributed by atoms with Gasteiger partial charge in [0.25, 0.3) is 0 Å².